The van der Waals surface area contributed by atoms with E-state index >= 15 is 0 Å². The summed E-state index contributed by atoms with van der Waals surface area (Å²) in [4.78, 5) is 36.3. The fourth-order valence-electron chi connectivity index (χ4n) is 2.16. The smallest absolute Gasteiger partial charge is 0.344 e. The van der Waals surface area contributed by atoms with Crippen LogP contribution in [-0.4, -0.2) is 43.1 Å². The molecule has 0 fully saturated rings. The van der Waals surface area contributed by atoms with Crippen LogP contribution in [0.1, 0.15) is 46.9 Å². The summed E-state index contributed by atoms with van der Waals surface area (Å²) in [5, 5.41) is 14.6. The van der Waals surface area contributed by atoms with Crippen molar-refractivity contribution in [2.75, 3.05) is 14.1 Å². The monoisotopic (exact) mass is 700 g/mol. The Balaban J connectivity index is 3.62. The zero-order valence-corrected chi connectivity index (χ0v) is 20.9. The van der Waals surface area contributed by atoms with Gasteiger partial charge in [-0.05, 0) is 80.6 Å². The Morgan fingerprint density at radius 2 is 1.46 bits per heavy atom. The van der Waals surface area contributed by atoms with E-state index < -0.39 is 12.1 Å². The van der Waals surface area contributed by atoms with Crippen LogP contribution in [0, 0.1) is 10.7 Å². The number of carboxylic acids is 1. The van der Waals surface area contributed by atoms with Gasteiger partial charge < -0.3 is 20.5 Å². The van der Waals surface area contributed by atoms with Gasteiger partial charge in [0, 0.05) is 17.7 Å². The molecule has 1 rings (SSSR count). The van der Waals surface area contributed by atoms with Gasteiger partial charge in [0.25, 0.3) is 11.8 Å². The quantitative estimate of drug-likeness (QED) is 0.362. The highest BCUT2D eigenvalue weighted by atomic mass is 127. The summed E-state index contributed by atoms with van der Waals surface area (Å²) in [5.41, 5.74) is 0.588. The highest BCUT2D eigenvalue weighted by Crippen LogP contribution is 2.38. The minimum Gasteiger partial charge on any atom is -0.479 e. The van der Waals surface area contributed by atoms with Crippen molar-refractivity contribution >= 4 is 85.6 Å². The molecule has 1 unspecified atom stereocenters. The van der Waals surface area contributed by atoms with E-state index in [9.17, 15) is 19.5 Å². The Labute approximate surface area is 192 Å². The molecule has 0 aromatic heterocycles. The first-order chi connectivity index (χ1) is 12.2. The van der Waals surface area contributed by atoms with Crippen molar-refractivity contribution in [1.82, 2.24) is 10.6 Å². The van der Waals surface area contributed by atoms with Crippen LogP contribution in [0.2, 0.25) is 0 Å². The van der Waals surface area contributed by atoms with Crippen molar-refractivity contribution in [1.29, 1.82) is 0 Å². The predicted octanol–water partition coefficient (Wildman–Crippen LogP) is 3.24. The second kappa shape index (κ2) is 10.8. The second-order valence-corrected chi connectivity index (χ2v) is 8.50. The second-order valence-electron chi connectivity index (χ2n) is 5.27. The van der Waals surface area contributed by atoms with E-state index in [1.807, 2.05) is 74.7 Å². The van der Waals surface area contributed by atoms with Crippen molar-refractivity contribution in [2.45, 2.75) is 32.3 Å². The van der Waals surface area contributed by atoms with E-state index in [0.29, 0.717) is 34.7 Å². The summed E-state index contributed by atoms with van der Waals surface area (Å²) >= 11 is 5.87. The predicted molar refractivity (Wildman–Crippen MR) is 123 cm³/mol. The lowest BCUT2D eigenvalue weighted by Gasteiger charge is -2.21. The third-order valence-electron chi connectivity index (χ3n) is 3.54. The lowest BCUT2D eigenvalue weighted by Crippen LogP contribution is -2.30. The Hall–Kier alpha value is -0.380. The molecule has 0 aliphatic carbocycles. The van der Waals surface area contributed by atoms with Gasteiger partial charge in [0.05, 0.1) is 18.3 Å². The van der Waals surface area contributed by atoms with E-state index in [1.54, 1.807) is 0 Å². The van der Waals surface area contributed by atoms with E-state index in [-0.39, 0.29) is 17.6 Å². The number of hydrogen-bond donors (Lipinski definition) is 3. The van der Waals surface area contributed by atoms with E-state index in [2.05, 4.69) is 10.6 Å². The van der Waals surface area contributed by atoms with Gasteiger partial charge in [-0.1, -0.05) is 13.3 Å². The minimum atomic E-state index is -1.08. The number of hydrogen-bond acceptors (Lipinski definition) is 4. The molecule has 1 aromatic rings. The average Bonchev–Trinajstić information content (AvgIpc) is 2.60. The maximum absolute atomic E-state index is 12.3. The minimum absolute atomic E-state index is 0.243. The van der Waals surface area contributed by atoms with Gasteiger partial charge in [0.2, 0.25) is 0 Å². The Morgan fingerprint density at radius 3 is 1.81 bits per heavy atom. The van der Waals surface area contributed by atoms with Crippen LogP contribution >= 0.6 is 67.8 Å². The zero-order valence-electron chi connectivity index (χ0n) is 14.4. The topological polar surface area (TPSA) is 105 Å². The number of nitrogens with one attached hydrogen (secondary N) is 2. The number of amides is 2. The molecule has 3 N–H and O–H groups in total. The molecule has 1 aromatic carbocycles. The molecule has 144 valence electrons. The molecule has 26 heavy (non-hydrogen) atoms. The van der Waals surface area contributed by atoms with Gasteiger partial charge in [0.15, 0.2) is 6.10 Å². The summed E-state index contributed by atoms with van der Waals surface area (Å²) in [7, 11) is 2.99. The van der Waals surface area contributed by atoms with Crippen molar-refractivity contribution in [3.05, 3.63) is 21.8 Å². The molecule has 2 amide bonds. The number of carbonyl (C=O) groups is 3. The van der Waals surface area contributed by atoms with Gasteiger partial charge in [-0.2, -0.15) is 0 Å². The first-order valence-corrected chi connectivity index (χ1v) is 11.0. The number of unbranched alkanes of at least 4 members (excludes halogenated alkanes) is 1. The van der Waals surface area contributed by atoms with Crippen LogP contribution in [-0.2, 0) is 4.79 Å². The largest absolute Gasteiger partial charge is 0.479 e. The lowest BCUT2D eigenvalue weighted by atomic mass is 10.1. The molecule has 0 aliphatic rings. The van der Waals surface area contributed by atoms with Crippen LogP contribution in [0.3, 0.4) is 0 Å². The molecule has 0 saturated carbocycles. The van der Waals surface area contributed by atoms with Crippen LogP contribution in [0.4, 0.5) is 0 Å². The molecule has 0 spiro atoms. The van der Waals surface area contributed by atoms with Gasteiger partial charge in [-0.15, -0.1) is 0 Å². The molecule has 0 saturated heterocycles. The SMILES string of the molecule is CCCCC(Oc1c(I)c(C(=O)NC)c(I)c(C(=O)NC)c1I)C(=O)O. The van der Waals surface area contributed by atoms with Crippen molar-refractivity contribution < 1.29 is 24.2 Å². The van der Waals surface area contributed by atoms with E-state index in [0.717, 1.165) is 6.42 Å². The van der Waals surface area contributed by atoms with Gasteiger partial charge in [0.1, 0.15) is 5.75 Å². The van der Waals surface area contributed by atoms with Crippen LogP contribution < -0.4 is 15.4 Å². The third-order valence-corrected chi connectivity index (χ3v) is 6.68. The first-order valence-electron chi connectivity index (χ1n) is 7.75. The summed E-state index contributed by atoms with van der Waals surface area (Å²) in [6.07, 6.45) is 0.821. The molecule has 0 radical (unpaired) electrons. The number of ether oxygens (including phenoxy) is 1. The number of aliphatic carboxylic acids is 1. The van der Waals surface area contributed by atoms with Crippen LogP contribution in [0.15, 0.2) is 0 Å². The van der Waals surface area contributed by atoms with E-state index in [4.69, 9.17) is 4.74 Å². The highest BCUT2D eigenvalue weighted by molar-refractivity contribution is 14.1. The molecule has 0 aliphatic heterocycles. The highest BCUT2D eigenvalue weighted by Gasteiger charge is 2.30. The van der Waals surface area contributed by atoms with Gasteiger partial charge >= 0.3 is 5.97 Å². The fraction of sp³-hybridized carbons (Fsp3) is 0.438. The normalized spacial score (nSPS) is 11.6. The summed E-state index contributed by atoms with van der Waals surface area (Å²) in [5.74, 6) is -1.57. The van der Waals surface area contributed by atoms with Gasteiger partial charge in [-0.25, -0.2) is 4.79 Å². The van der Waals surface area contributed by atoms with Crippen molar-refractivity contribution in [3.8, 4) is 5.75 Å². The Morgan fingerprint density at radius 1 is 1.00 bits per heavy atom. The number of halogens is 3. The molecular formula is C16H19I3N2O5. The van der Waals surface area contributed by atoms with E-state index in [1.165, 1.54) is 14.1 Å². The summed E-state index contributed by atoms with van der Waals surface area (Å²) in [6, 6.07) is 0. The number of carboxylic acid groups (broad SMARTS) is 1. The first kappa shape index (κ1) is 23.7. The molecule has 7 nitrogen and oxygen atoms in total. The van der Waals surface area contributed by atoms with Crippen molar-refractivity contribution in [2.24, 2.45) is 0 Å². The standard InChI is InChI=1S/C16H19I3N2O5/c1-4-5-6-7(16(24)25)26-13-11(18)8(14(22)20-2)10(17)9(12(13)19)15(23)21-3/h7H,4-6H2,1-3H3,(H,20,22)(H,21,23)(H,24,25). The van der Waals surface area contributed by atoms with Gasteiger partial charge in [-0.3, -0.25) is 9.59 Å². The molecule has 0 bridgehead atoms. The number of carbonyl (C=O) groups excluding carboxylic acids is 2. The maximum Gasteiger partial charge on any atom is 0.344 e. The maximum atomic E-state index is 12.3. The van der Waals surface area contributed by atoms with Crippen LogP contribution in [0.25, 0.3) is 0 Å². The van der Waals surface area contributed by atoms with Crippen LogP contribution in [0.5, 0.6) is 5.75 Å². The molecular weight excluding hydrogens is 681 g/mol. The number of rotatable bonds is 8. The zero-order chi connectivity index (χ0) is 20.0. The molecule has 1 atom stereocenters. The molecule has 10 heteroatoms. The number of benzene rings is 1. The lowest BCUT2D eigenvalue weighted by molar-refractivity contribution is -0.145. The van der Waals surface area contributed by atoms with Crippen molar-refractivity contribution in [3.63, 3.8) is 0 Å². The summed E-state index contributed by atoms with van der Waals surface area (Å²) < 4.78 is 7.23. The fourth-order valence-corrected chi connectivity index (χ4v) is 6.56. The average molecular weight is 700 g/mol. The Bertz CT molecular complexity index is 681. The Kier molecular flexibility index (Phi) is 9.85. The summed E-state index contributed by atoms with van der Waals surface area (Å²) in [6.45, 7) is 1.96. The third kappa shape index (κ3) is 5.33. The molecule has 0 heterocycles.